The number of thiophene rings is 1. The molecule has 7 heteroatoms. The molecule has 0 aliphatic heterocycles. The van der Waals surface area contributed by atoms with E-state index in [2.05, 4.69) is 17.6 Å². The van der Waals surface area contributed by atoms with Crippen LogP contribution >= 0.6 is 11.3 Å². The molecule has 0 spiro atoms. The van der Waals surface area contributed by atoms with Gasteiger partial charge in [0.2, 0.25) is 0 Å². The van der Waals surface area contributed by atoms with Crippen LogP contribution in [0.15, 0.2) is 28.9 Å². The van der Waals surface area contributed by atoms with Gasteiger partial charge >= 0.3 is 0 Å². The van der Waals surface area contributed by atoms with E-state index in [1.165, 1.54) is 17.6 Å². The Morgan fingerprint density at radius 3 is 2.76 bits per heavy atom. The van der Waals surface area contributed by atoms with Gasteiger partial charge in [0.25, 0.3) is 11.8 Å². The summed E-state index contributed by atoms with van der Waals surface area (Å²) < 4.78 is 10.5. The Labute approximate surface area is 151 Å². The second kappa shape index (κ2) is 10.0. The van der Waals surface area contributed by atoms with Crippen LogP contribution in [0.3, 0.4) is 0 Å². The second-order valence-corrected chi connectivity index (χ2v) is 6.68. The number of anilines is 1. The fraction of sp³-hybridized carbons (Fsp3) is 0.444. The van der Waals surface area contributed by atoms with Crippen LogP contribution in [0.2, 0.25) is 0 Å². The van der Waals surface area contributed by atoms with Gasteiger partial charge in [0.15, 0.2) is 5.76 Å². The number of unbranched alkanes of at least 4 members (excludes halogenated alkanes) is 1. The summed E-state index contributed by atoms with van der Waals surface area (Å²) in [6, 6.07) is 5.03. The number of carbonyl (C=O) groups is 2. The van der Waals surface area contributed by atoms with E-state index in [9.17, 15) is 9.59 Å². The summed E-state index contributed by atoms with van der Waals surface area (Å²) in [7, 11) is 0. The summed E-state index contributed by atoms with van der Waals surface area (Å²) >= 11 is 1.25. The number of hydrogen-bond donors (Lipinski definition) is 2. The molecule has 0 aromatic carbocycles. The van der Waals surface area contributed by atoms with Crippen LogP contribution in [0.5, 0.6) is 0 Å². The molecule has 2 aromatic rings. The van der Waals surface area contributed by atoms with Gasteiger partial charge in [0.05, 0.1) is 16.1 Å². The predicted octanol–water partition coefficient (Wildman–Crippen LogP) is 3.84. The Hall–Kier alpha value is -2.12. The minimum absolute atomic E-state index is 0.130. The zero-order valence-corrected chi connectivity index (χ0v) is 15.4. The smallest absolute Gasteiger partial charge is 0.291 e. The van der Waals surface area contributed by atoms with Crippen LogP contribution in [-0.4, -0.2) is 31.6 Å². The third-order valence-corrected chi connectivity index (χ3v) is 4.65. The van der Waals surface area contributed by atoms with Gasteiger partial charge in [0.1, 0.15) is 0 Å². The lowest BCUT2D eigenvalue weighted by molar-refractivity contribution is 0.0942. The lowest BCUT2D eigenvalue weighted by atomic mass is 10.2. The van der Waals surface area contributed by atoms with E-state index < -0.39 is 0 Å². The topological polar surface area (TPSA) is 80.6 Å². The zero-order chi connectivity index (χ0) is 18.1. The maximum absolute atomic E-state index is 12.3. The van der Waals surface area contributed by atoms with Gasteiger partial charge in [-0.1, -0.05) is 13.3 Å². The Morgan fingerprint density at radius 1 is 1.24 bits per heavy atom. The highest BCUT2D eigenvalue weighted by Crippen LogP contribution is 2.27. The monoisotopic (exact) mass is 364 g/mol. The molecule has 0 unspecified atom stereocenters. The summed E-state index contributed by atoms with van der Waals surface area (Å²) in [5.74, 6) is -0.225. The van der Waals surface area contributed by atoms with Crippen molar-refractivity contribution < 1.29 is 18.7 Å². The number of carbonyl (C=O) groups excluding carboxylic acids is 2. The zero-order valence-electron chi connectivity index (χ0n) is 14.6. The molecule has 0 bridgehead atoms. The van der Waals surface area contributed by atoms with Crippen molar-refractivity contribution in [1.82, 2.24) is 5.32 Å². The quantitative estimate of drug-likeness (QED) is 0.628. The van der Waals surface area contributed by atoms with Crippen molar-refractivity contribution in [1.29, 1.82) is 0 Å². The number of furan rings is 1. The minimum atomic E-state index is -0.331. The highest BCUT2D eigenvalue weighted by atomic mass is 32.1. The third-order valence-electron chi connectivity index (χ3n) is 3.50. The molecule has 2 aromatic heterocycles. The normalized spacial score (nSPS) is 10.6. The summed E-state index contributed by atoms with van der Waals surface area (Å²) in [5, 5.41) is 6.24. The van der Waals surface area contributed by atoms with Crippen molar-refractivity contribution >= 4 is 28.2 Å². The molecule has 0 radical (unpaired) electrons. The highest BCUT2D eigenvalue weighted by molar-refractivity contribution is 7.18. The SMILES string of the molecule is CCCCOCCCNC(=O)c1sc(NC(=O)c2ccco2)cc1C. The van der Waals surface area contributed by atoms with Crippen molar-refractivity contribution in [2.45, 2.75) is 33.1 Å². The second-order valence-electron chi connectivity index (χ2n) is 5.63. The van der Waals surface area contributed by atoms with E-state index >= 15 is 0 Å². The fourth-order valence-electron chi connectivity index (χ4n) is 2.16. The molecule has 6 nitrogen and oxygen atoms in total. The summed E-state index contributed by atoms with van der Waals surface area (Å²) in [6.45, 7) is 5.96. The molecule has 136 valence electrons. The molecule has 0 aliphatic carbocycles. The first-order valence-electron chi connectivity index (χ1n) is 8.43. The van der Waals surface area contributed by atoms with E-state index in [-0.39, 0.29) is 17.6 Å². The molecule has 2 amide bonds. The lowest BCUT2D eigenvalue weighted by Gasteiger charge is -2.05. The number of rotatable bonds is 10. The van der Waals surface area contributed by atoms with E-state index in [0.717, 1.165) is 31.4 Å². The van der Waals surface area contributed by atoms with Crippen LogP contribution in [0.1, 0.15) is 52.0 Å². The molecule has 2 N–H and O–H groups in total. The minimum Gasteiger partial charge on any atom is -0.459 e. The van der Waals surface area contributed by atoms with Crippen LogP contribution < -0.4 is 10.6 Å². The average Bonchev–Trinajstić information content (AvgIpc) is 3.23. The largest absolute Gasteiger partial charge is 0.459 e. The van der Waals surface area contributed by atoms with Crippen molar-refractivity contribution in [3.8, 4) is 0 Å². The highest BCUT2D eigenvalue weighted by Gasteiger charge is 2.16. The number of ether oxygens (including phenoxy) is 1. The van der Waals surface area contributed by atoms with Crippen molar-refractivity contribution in [2.24, 2.45) is 0 Å². The molecule has 0 saturated carbocycles. The molecule has 0 saturated heterocycles. The first-order valence-corrected chi connectivity index (χ1v) is 9.24. The van der Waals surface area contributed by atoms with Gasteiger partial charge in [0, 0.05) is 19.8 Å². The van der Waals surface area contributed by atoms with Gasteiger partial charge < -0.3 is 19.8 Å². The molecule has 25 heavy (non-hydrogen) atoms. The molecular formula is C18H24N2O4S. The standard InChI is InChI=1S/C18H24N2O4S/c1-3-4-9-23-10-6-8-19-18(22)16-13(2)12-15(25-16)20-17(21)14-7-5-11-24-14/h5,7,11-12H,3-4,6,8-10H2,1-2H3,(H,19,22)(H,20,21). The molecule has 2 heterocycles. The average molecular weight is 364 g/mol. The van der Waals surface area contributed by atoms with Crippen LogP contribution in [0.4, 0.5) is 5.00 Å². The number of aryl methyl sites for hydroxylation is 1. The van der Waals surface area contributed by atoms with Crippen molar-refractivity contribution in [3.63, 3.8) is 0 Å². The van der Waals surface area contributed by atoms with Gasteiger partial charge in [-0.2, -0.15) is 0 Å². The predicted molar refractivity (Wildman–Crippen MR) is 98.4 cm³/mol. The number of amides is 2. The van der Waals surface area contributed by atoms with Crippen molar-refractivity contribution in [2.75, 3.05) is 25.1 Å². The van der Waals surface area contributed by atoms with E-state index in [1.807, 2.05) is 6.92 Å². The molecule has 0 aliphatic rings. The summed E-state index contributed by atoms with van der Waals surface area (Å²) in [6.07, 6.45) is 4.40. The van der Waals surface area contributed by atoms with Gasteiger partial charge in [-0.15, -0.1) is 11.3 Å². The van der Waals surface area contributed by atoms with Gasteiger partial charge in [-0.25, -0.2) is 0 Å². The van der Waals surface area contributed by atoms with Crippen molar-refractivity contribution in [3.05, 3.63) is 40.7 Å². The Bertz CT molecular complexity index is 679. The summed E-state index contributed by atoms with van der Waals surface area (Å²) in [5.41, 5.74) is 0.830. The first-order chi connectivity index (χ1) is 12.1. The van der Waals surface area contributed by atoms with Gasteiger partial charge in [-0.05, 0) is 43.5 Å². The molecule has 2 rings (SSSR count). The Balaban J connectivity index is 1.78. The number of nitrogens with one attached hydrogen (secondary N) is 2. The van der Waals surface area contributed by atoms with Crippen LogP contribution in [0.25, 0.3) is 0 Å². The molecule has 0 atom stereocenters. The maximum Gasteiger partial charge on any atom is 0.291 e. The van der Waals surface area contributed by atoms with Crippen LogP contribution in [-0.2, 0) is 4.74 Å². The molecular weight excluding hydrogens is 340 g/mol. The van der Waals surface area contributed by atoms with Crippen LogP contribution in [0, 0.1) is 6.92 Å². The van der Waals surface area contributed by atoms with E-state index in [0.29, 0.717) is 23.0 Å². The maximum atomic E-state index is 12.3. The number of hydrogen-bond acceptors (Lipinski definition) is 5. The fourth-order valence-corrected chi connectivity index (χ4v) is 3.14. The Morgan fingerprint density at radius 2 is 2.04 bits per heavy atom. The van der Waals surface area contributed by atoms with E-state index in [1.54, 1.807) is 18.2 Å². The first kappa shape index (κ1) is 19.2. The molecule has 0 fully saturated rings. The van der Waals surface area contributed by atoms with Gasteiger partial charge in [-0.3, -0.25) is 9.59 Å². The van der Waals surface area contributed by atoms with E-state index in [4.69, 9.17) is 9.15 Å². The third kappa shape index (κ3) is 6.03. The summed E-state index contributed by atoms with van der Waals surface area (Å²) in [4.78, 5) is 24.8. The Kier molecular flexibility index (Phi) is 7.69. The lowest BCUT2D eigenvalue weighted by Crippen LogP contribution is -2.25.